The van der Waals surface area contributed by atoms with Crippen molar-refractivity contribution in [2.24, 2.45) is 12.8 Å². The van der Waals surface area contributed by atoms with Crippen LogP contribution in [0.3, 0.4) is 0 Å². The van der Waals surface area contributed by atoms with Gasteiger partial charge in [-0.1, -0.05) is 12.1 Å². The molecule has 5 heteroatoms. The molecule has 0 aliphatic carbocycles. The molecule has 1 aromatic heterocycles. The number of benzene rings is 1. The molecule has 2 aromatic rings. The third-order valence-electron chi connectivity index (χ3n) is 2.49. The second-order valence-corrected chi connectivity index (χ2v) is 3.55. The molecule has 0 amide bonds. The molecule has 16 heavy (non-hydrogen) atoms. The van der Waals surface area contributed by atoms with E-state index in [4.69, 9.17) is 5.73 Å². The predicted octanol–water partition coefficient (Wildman–Crippen LogP) is 1.75. The second-order valence-electron chi connectivity index (χ2n) is 3.55. The van der Waals surface area contributed by atoms with Crippen molar-refractivity contribution in [3.05, 3.63) is 53.6 Å². The number of imidazole rings is 1. The highest BCUT2D eigenvalue weighted by molar-refractivity contribution is 5.28. The highest BCUT2D eigenvalue weighted by Crippen LogP contribution is 2.22. The first-order valence-corrected chi connectivity index (χ1v) is 4.77. The maximum absolute atomic E-state index is 13.5. The molecule has 0 aliphatic heterocycles. The third-order valence-corrected chi connectivity index (χ3v) is 2.49. The lowest BCUT2D eigenvalue weighted by Crippen LogP contribution is -2.17. The summed E-state index contributed by atoms with van der Waals surface area (Å²) in [4.78, 5) is 3.89. The molecule has 2 rings (SSSR count). The van der Waals surface area contributed by atoms with Gasteiger partial charge in [-0.2, -0.15) is 0 Å². The van der Waals surface area contributed by atoms with Crippen LogP contribution in [0.2, 0.25) is 0 Å². The van der Waals surface area contributed by atoms with Crippen LogP contribution in [0.25, 0.3) is 0 Å². The fraction of sp³-hybridized carbons (Fsp3) is 0.182. The van der Waals surface area contributed by atoms with Crippen LogP contribution in [0.15, 0.2) is 30.7 Å². The van der Waals surface area contributed by atoms with Crippen LogP contribution in [-0.4, -0.2) is 9.55 Å². The summed E-state index contributed by atoms with van der Waals surface area (Å²) >= 11 is 0. The van der Waals surface area contributed by atoms with E-state index in [0.717, 1.165) is 6.07 Å². The van der Waals surface area contributed by atoms with E-state index >= 15 is 0 Å². The molecule has 1 aromatic carbocycles. The predicted molar refractivity (Wildman–Crippen MR) is 55.6 cm³/mol. The summed E-state index contributed by atoms with van der Waals surface area (Å²) in [5.74, 6) is -1.80. The van der Waals surface area contributed by atoms with Gasteiger partial charge >= 0.3 is 0 Å². The van der Waals surface area contributed by atoms with Crippen molar-refractivity contribution in [3.8, 4) is 0 Å². The molecule has 1 heterocycles. The smallest absolute Gasteiger partial charge is 0.163 e. The number of rotatable bonds is 2. The fourth-order valence-electron chi connectivity index (χ4n) is 1.59. The summed E-state index contributed by atoms with van der Waals surface area (Å²) in [5, 5.41) is 0. The number of aryl methyl sites for hydroxylation is 1. The lowest BCUT2D eigenvalue weighted by atomic mass is 10.0. The molecule has 0 saturated heterocycles. The molecule has 3 nitrogen and oxygen atoms in total. The Labute approximate surface area is 91.5 Å². The summed E-state index contributed by atoms with van der Waals surface area (Å²) in [7, 11) is 1.75. The van der Waals surface area contributed by atoms with Crippen LogP contribution < -0.4 is 5.73 Å². The van der Waals surface area contributed by atoms with Crippen molar-refractivity contribution in [2.75, 3.05) is 0 Å². The number of hydrogen-bond donors (Lipinski definition) is 1. The van der Waals surface area contributed by atoms with Crippen molar-refractivity contribution in [2.45, 2.75) is 6.04 Å². The Kier molecular flexibility index (Phi) is 2.70. The van der Waals surface area contributed by atoms with E-state index in [0.29, 0.717) is 5.69 Å². The molecule has 0 saturated carbocycles. The quantitative estimate of drug-likeness (QED) is 0.842. The van der Waals surface area contributed by atoms with Crippen LogP contribution in [0.5, 0.6) is 0 Å². The Morgan fingerprint density at radius 2 is 2.12 bits per heavy atom. The van der Waals surface area contributed by atoms with Crippen molar-refractivity contribution >= 4 is 0 Å². The van der Waals surface area contributed by atoms with Gasteiger partial charge in [-0.05, 0) is 6.07 Å². The normalized spacial score (nSPS) is 12.8. The largest absolute Gasteiger partial charge is 0.336 e. The lowest BCUT2D eigenvalue weighted by molar-refractivity contribution is 0.492. The number of hydrogen-bond acceptors (Lipinski definition) is 2. The molecule has 2 N–H and O–H groups in total. The Morgan fingerprint density at radius 1 is 1.38 bits per heavy atom. The third kappa shape index (κ3) is 1.69. The minimum absolute atomic E-state index is 0.128. The van der Waals surface area contributed by atoms with Gasteiger partial charge in [0.05, 0.1) is 24.3 Å². The van der Waals surface area contributed by atoms with Crippen molar-refractivity contribution in [1.82, 2.24) is 9.55 Å². The molecular formula is C11H11F2N3. The van der Waals surface area contributed by atoms with Gasteiger partial charge in [0.15, 0.2) is 11.6 Å². The van der Waals surface area contributed by atoms with Gasteiger partial charge in [0.2, 0.25) is 0 Å². The molecule has 0 spiro atoms. The standard InChI is InChI=1S/C11H11F2N3/c1-16-6-15-5-9(16)11(14)7-3-2-4-8(12)10(7)13/h2-6,11H,14H2,1H3. The van der Waals surface area contributed by atoms with Crippen LogP contribution in [0.1, 0.15) is 17.3 Å². The van der Waals surface area contributed by atoms with Gasteiger partial charge in [-0.15, -0.1) is 0 Å². The summed E-state index contributed by atoms with van der Waals surface area (Å²) in [5.41, 5.74) is 6.62. The average molecular weight is 223 g/mol. The molecule has 0 bridgehead atoms. The first-order valence-electron chi connectivity index (χ1n) is 4.77. The number of nitrogens with zero attached hydrogens (tertiary/aromatic N) is 2. The summed E-state index contributed by atoms with van der Waals surface area (Å²) in [6.45, 7) is 0. The van der Waals surface area contributed by atoms with E-state index in [2.05, 4.69) is 4.98 Å². The van der Waals surface area contributed by atoms with E-state index in [1.807, 2.05) is 0 Å². The van der Waals surface area contributed by atoms with E-state index in [1.54, 1.807) is 17.9 Å². The van der Waals surface area contributed by atoms with Crippen LogP contribution in [0, 0.1) is 11.6 Å². The second kappa shape index (κ2) is 4.02. The van der Waals surface area contributed by atoms with Crippen LogP contribution >= 0.6 is 0 Å². The van der Waals surface area contributed by atoms with E-state index < -0.39 is 17.7 Å². The molecule has 84 valence electrons. The maximum Gasteiger partial charge on any atom is 0.163 e. The topological polar surface area (TPSA) is 43.8 Å². The zero-order valence-corrected chi connectivity index (χ0v) is 8.69. The van der Waals surface area contributed by atoms with Gasteiger partial charge in [0.25, 0.3) is 0 Å². The summed E-state index contributed by atoms with van der Waals surface area (Å²) < 4.78 is 28.2. The first-order chi connectivity index (χ1) is 7.61. The summed E-state index contributed by atoms with van der Waals surface area (Å²) in [6.07, 6.45) is 3.10. The lowest BCUT2D eigenvalue weighted by Gasteiger charge is -2.13. The SMILES string of the molecule is Cn1cncc1C(N)c1cccc(F)c1F. The minimum Gasteiger partial charge on any atom is -0.336 e. The molecular weight excluding hydrogens is 212 g/mol. The number of halogens is 2. The molecule has 0 aliphatic rings. The minimum atomic E-state index is -0.906. The van der Waals surface area contributed by atoms with E-state index in [9.17, 15) is 8.78 Å². The fourth-order valence-corrected chi connectivity index (χ4v) is 1.59. The van der Waals surface area contributed by atoms with Crippen LogP contribution in [0.4, 0.5) is 8.78 Å². The zero-order chi connectivity index (χ0) is 11.7. The molecule has 0 radical (unpaired) electrons. The van der Waals surface area contributed by atoms with Crippen molar-refractivity contribution < 1.29 is 8.78 Å². The van der Waals surface area contributed by atoms with Gasteiger partial charge in [-0.3, -0.25) is 0 Å². The molecule has 1 unspecified atom stereocenters. The van der Waals surface area contributed by atoms with E-state index in [1.165, 1.54) is 18.3 Å². The van der Waals surface area contributed by atoms with Gasteiger partial charge in [-0.25, -0.2) is 13.8 Å². The Morgan fingerprint density at radius 3 is 2.75 bits per heavy atom. The molecule has 1 atom stereocenters. The first kappa shape index (κ1) is 10.8. The molecule has 0 fully saturated rings. The average Bonchev–Trinajstić information content (AvgIpc) is 2.68. The highest BCUT2D eigenvalue weighted by Gasteiger charge is 2.18. The Balaban J connectivity index is 2.46. The maximum atomic E-state index is 13.5. The Hall–Kier alpha value is -1.75. The van der Waals surface area contributed by atoms with Gasteiger partial charge in [0, 0.05) is 12.6 Å². The number of aromatic nitrogens is 2. The highest BCUT2D eigenvalue weighted by atomic mass is 19.2. The zero-order valence-electron chi connectivity index (χ0n) is 8.69. The van der Waals surface area contributed by atoms with Crippen LogP contribution in [-0.2, 0) is 7.05 Å². The number of nitrogens with two attached hydrogens (primary N) is 1. The van der Waals surface area contributed by atoms with Gasteiger partial charge in [0.1, 0.15) is 0 Å². The summed E-state index contributed by atoms with van der Waals surface area (Å²) in [6, 6.07) is 3.25. The van der Waals surface area contributed by atoms with Crippen molar-refractivity contribution in [3.63, 3.8) is 0 Å². The monoisotopic (exact) mass is 223 g/mol. The van der Waals surface area contributed by atoms with Crippen molar-refractivity contribution in [1.29, 1.82) is 0 Å². The Bertz CT molecular complexity index is 508. The van der Waals surface area contributed by atoms with E-state index in [-0.39, 0.29) is 5.56 Å². The van der Waals surface area contributed by atoms with Gasteiger partial charge < -0.3 is 10.3 Å².